The van der Waals surface area contributed by atoms with Crippen LogP contribution in [0.2, 0.25) is 0 Å². The van der Waals surface area contributed by atoms with E-state index in [0.717, 1.165) is 18.6 Å². The van der Waals surface area contributed by atoms with Gasteiger partial charge in [-0.3, -0.25) is 0 Å². The lowest BCUT2D eigenvalue weighted by Crippen LogP contribution is -2.26. The van der Waals surface area contributed by atoms with E-state index in [4.69, 9.17) is 9.47 Å². The maximum atomic E-state index is 11.6. The fraction of sp³-hybridized carbons (Fsp3) is 0.353. The molecule has 0 bridgehead atoms. The van der Waals surface area contributed by atoms with Gasteiger partial charge in [-0.1, -0.05) is 24.3 Å². The van der Waals surface area contributed by atoms with Gasteiger partial charge in [0, 0.05) is 6.54 Å². The van der Waals surface area contributed by atoms with Crippen LogP contribution >= 0.6 is 0 Å². The Balaban J connectivity index is 1.69. The van der Waals surface area contributed by atoms with E-state index in [1.807, 2.05) is 6.08 Å². The first-order chi connectivity index (χ1) is 10.3. The van der Waals surface area contributed by atoms with Crippen LogP contribution in [0, 0.1) is 5.92 Å². The molecule has 0 spiro atoms. The predicted octanol–water partition coefficient (Wildman–Crippen LogP) is 3.70. The second-order valence-corrected chi connectivity index (χ2v) is 4.92. The number of methoxy groups -OCH3 is 1. The largest absolute Gasteiger partial charge is 0.497 e. The van der Waals surface area contributed by atoms with Crippen LogP contribution in [0.1, 0.15) is 19.3 Å². The Morgan fingerprint density at radius 2 is 2.05 bits per heavy atom. The highest BCUT2D eigenvalue weighted by atomic mass is 16.6. The average molecular weight is 287 g/mol. The third kappa shape index (κ3) is 5.34. The van der Waals surface area contributed by atoms with Crippen molar-refractivity contribution in [1.29, 1.82) is 0 Å². The second-order valence-electron chi connectivity index (χ2n) is 4.92. The molecule has 1 aliphatic rings. The van der Waals surface area contributed by atoms with Crippen LogP contribution in [-0.4, -0.2) is 19.7 Å². The van der Waals surface area contributed by atoms with E-state index in [9.17, 15) is 4.79 Å². The van der Waals surface area contributed by atoms with E-state index in [1.165, 1.54) is 6.42 Å². The minimum absolute atomic E-state index is 0.451. The zero-order valence-electron chi connectivity index (χ0n) is 12.2. The van der Waals surface area contributed by atoms with Crippen molar-refractivity contribution in [3.63, 3.8) is 0 Å². The summed E-state index contributed by atoms with van der Waals surface area (Å²) < 4.78 is 10.2. The van der Waals surface area contributed by atoms with E-state index in [-0.39, 0.29) is 0 Å². The summed E-state index contributed by atoms with van der Waals surface area (Å²) in [7, 11) is 1.59. The van der Waals surface area contributed by atoms with Gasteiger partial charge in [-0.2, -0.15) is 0 Å². The average Bonchev–Trinajstić information content (AvgIpc) is 2.53. The molecule has 1 N–H and O–H groups in total. The van der Waals surface area contributed by atoms with Crippen molar-refractivity contribution in [2.75, 3.05) is 13.7 Å². The molecule has 2 rings (SSSR count). The van der Waals surface area contributed by atoms with Crippen molar-refractivity contribution in [3.8, 4) is 11.5 Å². The molecule has 0 saturated heterocycles. The highest BCUT2D eigenvalue weighted by molar-refractivity contribution is 5.70. The molecule has 112 valence electrons. The van der Waals surface area contributed by atoms with Crippen LogP contribution in [0.5, 0.6) is 11.5 Å². The van der Waals surface area contributed by atoms with Gasteiger partial charge >= 0.3 is 6.09 Å². The molecule has 1 amide bonds. The first-order valence-corrected chi connectivity index (χ1v) is 7.19. The minimum Gasteiger partial charge on any atom is -0.497 e. The molecule has 0 aliphatic heterocycles. The van der Waals surface area contributed by atoms with Crippen LogP contribution in [0.15, 0.2) is 48.6 Å². The highest BCUT2D eigenvalue weighted by Crippen LogP contribution is 2.19. The lowest BCUT2D eigenvalue weighted by Gasteiger charge is -2.12. The van der Waals surface area contributed by atoms with Crippen LogP contribution in [0.4, 0.5) is 4.79 Å². The summed E-state index contributed by atoms with van der Waals surface area (Å²) in [5.74, 6) is 1.82. The van der Waals surface area contributed by atoms with Gasteiger partial charge in [0.2, 0.25) is 0 Å². The third-order valence-electron chi connectivity index (χ3n) is 3.35. The molecule has 0 aromatic heterocycles. The Labute approximate surface area is 125 Å². The number of carbonyl (C=O) groups excluding carboxylic acids is 1. The fourth-order valence-electron chi connectivity index (χ4n) is 2.18. The Morgan fingerprint density at radius 1 is 1.29 bits per heavy atom. The molecule has 1 atom stereocenters. The monoisotopic (exact) mass is 287 g/mol. The summed E-state index contributed by atoms with van der Waals surface area (Å²) >= 11 is 0. The summed E-state index contributed by atoms with van der Waals surface area (Å²) in [5.41, 5.74) is 0. The number of benzene rings is 1. The van der Waals surface area contributed by atoms with Gasteiger partial charge in [-0.25, -0.2) is 4.79 Å². The van der Waals surface area contributed by atoms with E-state index >= 15 is 0 Å². The topological polar surface area (TPSA) is 47.6 Å². The van der Waals surface area contributed by atoms with Crippen molar-refractivity contribution in [3.05, 3.63) is 48.6 Å². The molecule has 1 aromatic rings. The lowest BCUT2D eigenvalue weighted by molar-refractivity contribution is 0.201. The summed E-state index contributed by atoms with van der Waals surface area (Å²) in [4.78, 5) is 11.6. The molecular formula is C17H21NO3. The van der Waals surface area contributed by atoms with Gasteiger partial charge in [-0.05, 0) is 49.4 Å². The first-order valence-electron chi connectivity index (χ1n) is 7.19. The van der Waals surface area contributed by atoms with Crippen LogP contribution < -0.4 is 14.8 Å². The van der Waals surface area contributed by atoms with Gasteiger partial charge in [0.1, 0.15) is 11.5 Å². The molecule has 1 aromatic carbocycles. The van der Waals surface area contributed by atoms with E-state index in [0.29, 0.717) is 18.2 Å². The smallest absolute Gasteiger partial charge is 0.412 e. The lowest BCUT2D eigenvalue weighted by atomic mass is 9.94. The minimum atomic E-state index is -0.451. The zero-order valence-corrected chi connectivity index (χ0v) is 12.2. The van der Waals surface area contributed by atoms with E-state index in [1.54, 1.807) is 31.4 Å². The molecule has 4 nitrogen and oxygen atoms in total. The number of hydrogen-bond donors (Lipinski definition) is 1. The van der Waals surface area contributed by atoms with Crippen molar-refractivity contribution in [1.82, 2.24) is 5.32 Å². The number of ether oxygens (including phenoxy) is 2. The Bertz CT molecular complexity index is 505. The SMILES string of the molecule is COc1ccc(OC(=O)NCC=CC2CC=CCC2)cc1. The third-order valence-corrected chi connectivity index (χ3v) is 3.35. The molecule has 0 fully saturated rings. The fourth-order valence-corrected chi connectivity index (χ4v) is 2.18. The van der Waals surface area contributed by atoms with Crippen molar-refractivity contribution in [2.24, 2.45) is 5.92 Å². The standard InChI is InChI=1S/C17H21NO3/c1-20-15-9-11-16(12-10-15)21-17(19)18-13-5-8-14-6-3-2-4-7-14/h2-3,5,8-12,14H,4,6-7,13H2,1H3,(H,18,19). The molecule has 1 aliphatic carbocycles. The summed E-state index contributed by atoms with van der Waals surface area (Å²) in [6, 6.07) is 6.89. The molecule has 1 unspecified atom stereocenters. The quantitative estimate of drug-likeness (QED) is 0.840. The van der Waals surface area contributed by atoms with Gasteiger partial charge in [0.15, 0.2) is 0 Å². The van der Waals surface area contributed by atoms with Gasteiger partial charge < -0.3 is 14.8 Å². The van der Waals surface area contributed by atoms with Crippen LogP contribution in [0.3, 0.4) is 0 Å². The molecular weight excluding hydrogens is 266 g/mol. The highest BCUT2D eigenvalue weighted by Gasteiger charge is 2.06. The molecule has 4 heteroatoms. The number of carbonyl (C=O) groups is 1. The molecule has 21 heavy (non-hydrogen) atoms. The van der Waals surface area contributed by atoms with Crippen molar-refractivity contribution < 1.29 is 14.3 Å². The number of nitrogens with one attached hydrogen (secondary N) is 1. The Morgan fingerprint density at radius 3 is 2.71 bits per heavy atom. The number of hydrogen-bond acceptors (Lipinski definition) is 3. The summed E-state index contributed by atoms with van der Waals surface area (Å²) in [6.45, 7) is 0.481. The van der Waals surface area contributed by atoms with Crippen molar-refractivity contribution in [2.45, 2.75) is 19.3 Å². The molecule has 0 saturated carbocycles. The summed E-state index contributed by atoms with van der Waals surface area (Å²) in [5, 5.41) is 2.70. The summed E-state index contributed by atoms with van der Waals surface area (Å²) in [6.07, 6.45) is 11.5. The van der Waals surface area contributed by atoms with Gasteiger partial charge in [0.05, 0.1) is 7.11 Å². The van der Waals surface area contributed by atoms with Crippen LogP contribution in [0.25, 0.3) is 0 Å². The van der Waals surface area contributed by atoms with E-state index < -0.39 is 6.09 Å². The normalized spacial score (nSPS) is 17.7. The van der Waals surface area contributed by atoms with Crippen LogP contribution in [-0.2, 0) is 0 Å². The second kappa shape index (κ2) is 8.15. The van der Waals surface area contributed by atoms with Gasteiger partial charge in [0.25, 0.3) is 0 Å². The molecule has 0 radical (unpaired) electrons. The number of amides is 1. The Hall–Kier alpha value is -2.23. The van der Waals surface area contributed by atoms with Gasteiger partial charge in [-0.15, -0.1) is 0 Å². The first kappa shape index (κ1) is 15.2. The van der Waals surface area contributed by atoms with Crippen molar-refractivity contribution >= 4 is 6.09 Å². The molecule has 0 heterocycles. The predicted molar refractivity (Wildman–Crippen MR) is 82.6 cm³/mol. The maximum absolute atomic E-state index is 11.6. The zero-order chi connectivity index (χ0) is 14.9. The number of rotatable bonds is 5. The Kier molecular flexibility index (Phi) is 5.88. The number of allylic oxidation sites excluding steroid dienone is 3. The van der Waals surface area contributed by atoms with E-state index in [2.05, 4.69) is 23.5 Å². The maximum Gasteiger partial charge on any atom is 0.412 e.